The molecule has 0 radical (unpaired) electrons. The van der Waals surface area contributed by atoms with Crippen LogP contribution in [0.2, 0.25) is 0 Å². The molecule has 110 valence electrons. The van der Waals surface area contributed by atoms with Gasteiger partial charge in [0.05, 0.1) is 11.4 Å². The highest BCUT2D eigenvalue weighted by molar-refractivity contribution is 7.14. The zero-order chi connectivity index (χ0) is 14.0. The van der Waals surface area contributed by atoms with E-state index in [1.54, 1.807) is 22.3 Å². The van der Waals surface area contributed by atoms with Gasteiger partial charge in [0.15, 0.2) is 5.78 Å². The van der Waals surface area contributed by atoms with E-state index in [2.05, 4.69) is 36.9 Å². The number of hydrogen-bond donors (Lipinski definition) is 0. The predicted octanol–water partition coefficient (Wildman–Crippen LogP) is 3.58. The Bertz CT molecular complexity index is 557. The molecule has 0 aliphatic heterocycles. The lowest BCUT2D eigenvalue weighted by atomic mass is 9.95. The minimum atomic E-state index is -0.0897. The Labute approximate surface area is 129 Å². The van der Waals surface area contributed by atoms with Gasteiger partial charge in [-0.1, -0.05) is 27.7 Å². The summed E-state index contributed by atoms with van der Waals surface area (Å²) in [5, 5.41) is 4.03. The van der Waals surface area contributed by atoms with Crippen LogP contribution in [-0.4, -0.2) is 20.5 Å². The first kappa shape index (κ1) is 16.9. The zero-order valence-corrected chi connectivity index (χ0v) is 13.8. The van der Waals surface area contributed by atoms with E-state index in [0.717, 1.165) is 4.88 Å². The van der Waals surface area contributed by atoms with Gasteiger partial charge >= 0.3 is 0 Å². The lowest BCUT2D eigenvalue weighted by Gasteiger charge is -2.15. The summed E-state index contributed by atoms with van der Waals surface area (Å²) in [7, 11) is 0. The van der Waals surface area contributed by atoms with Crippen LogP contribution in [0, 0.1) is 5.92 Å². The number of hydrogen-bond acceptors (Lipinski definition) is 4. The molecule has 2 aromatic rings. The van der Waals surface area contributed by atoms with E-state index in [0.29, 0.717) is 6.54 Å². The maximum atomic E-state index is 12.4. The first-order valence-corrected chi connectivity index (χ1v) is 7.16. The summed E-state index contributed by atoms with van der Waals surface area (Å²) in [5.74, 6) is 0.0872. The Hall–Kier alpha value is -1.20. The van der Waals surface area contributed by atoms with E-state index in [-0.39, 0.29) is 29.5 Å². The van der Waals surface area contributed by atoms with Gasteiger partial charge in [-0.3, -0.25) is 9.48 Å². The average molecular weight is 314 g/mol. The second kappa shape index (κ2) is 6.50. The highest BCUT2D eigenvalue weighted by Gasteiger charge is 2.21. The van der Waals surface area contributed by atoms with Crippen molar-refractivity contribution in [2.45, 2.75) is 39.7 Å². The third kappa shape index (κ3) is 3.90. The van der Waals surface area contributed by atoms with Crippen LogP contribution in [0.15, 0.2) is 24.8 Å². The molecule has 1 atom stereocenters. The Balaban J connectivity index is 0.00000200. The fourth-order valence-corrected chi connectivity index (χ4v) is 2.92. The van der Waals surface area contributed by atoms with Crippen molar-refractivity contribution < 1.29 is 4.79 Å². The van der Waals surface area contributed by atoms with Crippen LogP contribution in [0.5, 0.6) is 0 Å². The molecular formula is C14H20ClN3OS. The van der Waals surface area contributed by atoms with Gasteiger partial charge in [-0.05, 0) is 17.5 Å². The summed E-state index contributed by atoms with van der Waals surface area (Å²) in [6.07, 6.45) is 3.12. The molecule has 4 nitrogen and oxygen atoms in total. The summed E-state index contributed by atoms with van der Waals surface area (Å²) in [4.78, 5) is 18.3. The van der Waals surface area contributed by atoms with Crippen LogP contribution in [0.1, 0.15) is 42.2 Å². The summed E-state index contributed by atoms with van der Waals surface area (Å²) < 4.78 is 1.70. The topological polar surface area (TPSA) is 47.8 Å². The number of halogens is 1. The van der Waals surface area contributed by atoms with Gasteiger partial charge in [-0.15, -0.1) is 23.7 Å². The molecule has 1 unspecified atom stereocenters. The maximum Gasteiger partial charge on any atom is 0.177 e. The van der Waals surface area contributed by atoms with Gasteiger partial charge in [-0.2, -0.15) is 5.10 Å². The Morgan fingerprint density at radius 1 is 1.40 bits per heavy atom. The fourth-order valence-electron chi connectivity index (χ4n) is 1.81. The number of carbonyl (C=O) groups is 1. The van der Waals surface area contributed by atoms with Gasteiger partial charge in [0.25, 0.3) is 0 Å². The standard InChI is InChI=1S/C14H19N3OS.ClH/c1-10(7-17-9-15-8-16-17)13(18)11-5-6-12(19-11)14(2,3)4;/h5-6,8-10H,7H2,1-4H3;1H. The van der Waals surface area contributed by atoms with E-state index >= 15 is 0 Å². The monoisotopic (exact) mass is 313 g/mol. The third-order valence-electron chi connectivity index (χ3n) is 2.96. The molecule has 0 aliphatic rings. The molecule has 2 rings (SSSR count). The molecule has 0 saturated carbocycles. The summed E-state index contributed by atoms with van der Waals surface area (Å²) in [6, 6.07) is 3.99. The molecule has 20 heavy (non-hydrogen) atoms. The fraction of sp³-hybridized carbons (Fsp3) is 0.500. The highest BCUT2D eigenvalue weighted by Crippen LogP contribution is 2.30. The van der Waals surface area contributed by atoms with E-state index in [4.69, 9.17) is 0 Å². The number of nitrogens with zero attached hydrogens (tertiary/aromatic N) is 3. The van der Waals surface area contributed by atoms with Crippen molar-refractivity contribution in [2.75, 3.05) is 0 Å². The molecular weight excluding hydrogens is 294 g/mol. The van der Waals surface area contributed by atoms with Gasteiger partial charge in [0.2, 0.25) is 0 Å². The number of carbonyl (C=O) groups excluding carboxylic acids is 1. The number of aromatic nitrogens is 3. The number of rotatable bonds is 4. The summed E-state index contributed by atoms with van der Waals surface area (Å²) in [5.41, 5.74) is 0.0956. The van der Waals surface area contributed by atoms with Crippen LogP contribution in [0.25, 0.3) is 0 Å². The van der Waals surface area contributed by atoms with Crippen LogP contribution < -0.4 is 0 Å². The van der Waals surface area contributed by atoms with Crippen molar-refractivity contribution in [2.24, 2.45) is 5.92 Å². The first-order chi connectivity index (χ1) is 8.88. The van der Waals surface area contributed by atoms with Crippen molar-refractivity contribution in [1.82, 2.24) is 14.8 Å². The highest BCUT2D eigenvalue weighted by atomic mass is 35.5. The van der Waals surface area contributed by atoms with Crippen LogP contribution in [-0.2, 0) is 12.0 Å². The Kier molecular flexibility index (Phi) is 5.48. The van der Waals surface area contributed by atoms with Crippen LogP contribution in [0.4, 0.5) is 0 Å². The second-order valence-corrected chi connectivity index (χ2v) is 6.88. The zero-order valence-electron chi connectivity index (χ0n) is 12.2. The average Bonchev–Trinajstić information content (AvgIpc) is 2.97. The third-order valence-corrected chi connectivity index (χ3v) is 4.49. The SMILES string of the molecule is CC(Cn1cncn1)C(=O)c1ccc(C(C)(C)C)s1.Cl. The van der Waals surface area contributed by atoms with E-state index in [1.807, 2.05) is 13.0 Å². The molecule has 0 amide bonds. The van der Waals surface area contributed by atoms with Gasteiger partial charge in [-0.25, -0.2) is 4.98 Å². The molecule has 6 heteroatoms. The molecule has 0 N–H and O–H groups in total. The minimum absolute atomic E-state index is 0. The summed E-state index contributed by atoms with van der Waals surface area (Å²) >= 11 is 1.59. The number of Topliss-reactive ketones (excluding diaryl/α,β-unsaturated/α-hetero) is 1. The molecule has 0 spiro atoms. The molecule has 0 saturated heterocycles. The smallest absolute Gasteiger partial charge is 0.177 e. The summed E-state index contributed by atoms with van der Waals surface area (Å²) in [6.45, 7) is 8.98. The molecule has 2 aromatic heterocycles. The normalized spacial score (nSPS) is 12.8. The second-order valence-electron chi connectivity index (χ2n) is 5.80. The largest absolute Gasteiger partial charge is 0.293 e. The van der Waals surface area contributed by atoms with Crippen LogP contribution >= 0.6 is 23.7 Å². The number of ketones is 1. The Morgan fingerprint density at radius 2 is 2.10 bits per heavy atom. The van der Waals surface area contributed by atoms with E-state index < -0.39 is 0 Å². The lowest BCUT2D eigenvalue weighted by Crippen LogP contribution is -2.17. The number of thiophene rings is 1. The van der Waals surface area contributed by atoms with Crippen molar-refractivity contribution >= 4 is 29.5 Å². The Morgan fingerprint density at radius 3 is 2.60 bits per heavy atom. The van der Waals surface area contributed by atoms with Crippen molar-refractivity contribution in [3.63, 3.8) is 0 Å². The maximum absolute atomic E-state index is 12.4. The quantitative estimate of drug-likeness (QED) is 0.811. The van der Waals surface area contributed by atoms with Crippen molar-refractivity contribution in [1.29, 1.82) is 0 Å². The van der Waals surface area contributed by atoms with Gasteiger partial charge in [0.1, 0.15) is 12.7 Å². The van der Waals surface area contributed by atoms with Crippen molar-refractivity contribution in [3.05, 3.63) is 34.5 Å². The van der Waals surface area contributed by atoms with E-state index in [9.17, 15) is 4.79 Å². The molecule has 0 fully saturated rings. The lowest BCUT2D eigenvalue weighted by molar-refractivity contribution is 0.0920. The minimum Gasteiger partial charge on any atom is -0.293 e. The van der Waals surface area contributed by atoms with Gasteiger partial charge in [0, 0.05) is 10.8 Å². The van der Waals surface area contributed by atoms with Gasteiger partial charge < -0.3 is 0 Å². The van der Waals surface area contributed by atoms with E-state index in [1.165, 1.54) is 11.2 Å². The first-order valence-electron chi connectivity index (χ1n) is 6.35. The van der Waals surface area contributed by atoms with Crippen LogP contribution in [0.3, 0.4) is 0 Å². The molecule has 0 aliphatic carbocycles. The molecule has 0 bridgehead atoms. The molecule has 0 aromatic carbocycles. The molecule has 2 heterocycles. The predicted molar refractivity (Wildman–Crippen MR) is 83.8 cm³/mol. The van der Waals surface area contributed by atoms with Crippen molar-refractivity contribution in [3.8, 4) is 0 Å².